The lowest BCUT2D eigenvalue weighted by Crippen LogP contribution is -2.26. The molecule has 1 aromatic heterocycles. The minimum absolute atomic E-state index is 0.111. The second-order valence-corrected chi connectivity index (χ2v) is 7.25. The van der Waals surface area contributed by atoms with E-state index in [0.717, 1.165) is 5.56 Å². The molecule has 31 heavy (non-hydrogen) atoms. The van der Waals surface area contributed by atoms with Crippen LogP contribution < -0.4 is 5.32 Å². The number of benzene rings is 2. The molecular weight excluding hydrogens is 398 g/mol. The summed E-state index contributed by atoms with van der Waals surface area (Å²) in [7, 11) is 0. The van der Waals surface area contributed by atoms with Gasteiger partial charge in [0.2, 0.25) is 5.91 Å². The lowest BCUT2D eigenvalue weighted by molar-refractivity contribution is -0.146. The van der Waals surface area contributed by atoms with Gasteiger partial charge in [0, 0.05) is 23.6 Å². The summed E-state index contributed by atoms with van der Waals surface area (Å²) in [6.45, 7) is 3.17. The Morgan fingerprint density at radius 3 is 2.35 bits per heavy atom. The number of hydrogen-bond donors (Lipinski definition) is 1. The number of hydrogen-bond acceptors (Lipinski definition) is 7. The van der Waals surface area contributed by atoms with Crippen LogP contribution in [0.15, 0.2) is 60.9 Å². The smallest absolute Gasteiger partial charge is 0.331 e. The third kappa shape index (κ3) is 6.05. The molecule has 0 bridgehead atoms. The highest BCUT2D eigenvalue weighted by atomic mass is 16.5. The van der Waals surface area contributed by atoms with Gasteiger partial charge in [0.1, 0.15) is 6.33 Å². The van der Waals surface area contributed by atoms with Crippen LogP contribution >= 0.6 is 0 Å². The summed E-state index contributed by atoms with van der Waals surface area (Å²) in [5, 5.41) is 13.7. The number of nitrogens with one attached hydrogen (secondary N) is 1. The number of carbonyl (C=O) groups is 3. The molecule has 9 nitrogen and oxygen atoms in total. The molecule has 2 aromatic carbocycles. The topological polar surface area (TPSA) is 116 Å². The summed E-state index contributed by atoms with van der Waals surface area (Å²) in [6, 6.07) is 15.0. The van der Waals surface area contributed by atoms with E-state index in [4.69, 9.17) is 4.74 Å². The van der Waals surface area contributed by atoms with Gasteiger partial charge >= 0.3 is 5.97 Å². The fraction of sp³-hybridized carbons (Fsp3) is 0.273. The molecule has 1 N–H and O–H groups in total. The molecule has 1 amide bonds. The van der Waals surface area contributed by atoms with E-state index in [0.29, 0.717) is 17.7 Å². The van der Waals surface area contributed by atoms with Crippen LogP contribution in [0.5, 0.6) is 0 Å². The van der Waals surface area contributed by atoms with Crippen LogP contribution in [0.1, 0.15) is 35.8 Å². The van der Waals surface area contributed by atoms with E-state index in [1.165, 1.54) is 11.0 Å². The maximum atomic E-state index is 12.7. The molecule has 0 spiro atoms. The van der Waals surface area contributed by atoms with Crippen molar-refractivity contribution in [3.05, 3.63) is 72.1 Å². The molecule has 9 heteroatoms. The average Bonchev–Trinajstić information content (AvgIpc) is 3.31. The van der Waals surface area contributed by atoms with Crippen molar-refractivity contribution in [1.82, 2.24) is 20.2 Å². The monoisotopic (exact) mass is 421 g/mol. The predicted molar refractivity (Wildman–Crippen MR) is 112 cm³/mol. The highest BCUT2D eigenvalue weighted by Crippen LogP contribution is 2.16. The lowest BCUT2D eigenvalue weighted by atomic mass is 10.1. The van der Waals surface area contributed by atoms with Crippen molar-refractivity contribution in [1.29, 1.82) is 0 Å². The van der Waals surface area contributed by atoms with Crippen molar-refractivity contribution in [3.8, 4) is 0 Å². The molecule has 0 aliphatic rings. The zero-order valence-corrected chi connectivity index (χ0v) is 17.3. The van der Waals surface area contributed by atoms with E-state index in [9.17, 15) is 14.4 Å². The number of rotatable bonds is 9. The van der Waals surface area contributed by atoms with E-state index >= 15 is 0 Å². The number of ketones is 1. The van der Waals surface area contributed by atoms with Crippen molar-refractivity contribution >= 4 is 23.3 Å². The van der Waals surface area contributed by atoms with Gasteiger partial charge in [-0.2, -0.15) is 0 Å². The molecule has 0 radical (unpaired) electrons. The fourth-order valence-electron chi connectivity index (χ4n) is 2.78. The Morgan fingerprint density at radius 2 is 1.74 bits per heavy atom. The average molecular weight is 421 g/mol. The summed E-state index contributed by atoms with van der Waals surface area (Å²) in [6.07, 6.45) is 1.66. The summed E-state index contributed by atoms with van der Waals surface area (Å²) >= 11 is 0. The van der Waals surface area contributed by atoms with Gasteiger partial charge in [-0.05, 0) is 40.3 Å². The van der Waals surface area contributed by atoms with Gasteiger partial charge in [0.15, 0.2) is 18.4 Å². The Labute approximate surface area is 179 Å². The first-order valence-electron chi connectivity index (χ1n) is 9.81. The zero-order chi connectivity index (χ0) is 22.2. The quantitative estimate of drug-likeness (QED) is 0.417. The zero-order valence-electron chi connectivity index (χ0n) is 17.3. The standard InChI is InChI=1S/C22H23N5O4/c1-15(2)21(29)24-18-10-8-17(9-11-18)20(28)13-31-22(30)19(27-14-23-25-26-27)12-16-6-4-3-5-7-16/h3-11,14-15,19H,12-13H2,1-2H3,(H,24,29)/t19-/m1/s1. The molecule has 0 aliphatic carbocycles. The highest BCUT2D eigenvalue weighted by Gasteiger charge is 2.25. The number of esters is 1. The number of anilines is 1. The largest absolute Gasteiger partial charge is 0.456 e. The molecule has 160 valence electrons. The van der Waals surface area contributed by atoms with Crippen LogP contribution in [0.4, 0.5) is 5.69 Å². The third-order valence-electron chi connectivity index (χ3n) is 4.57. The van der Waals surface area contributed by atoms with Crippen molar-refractivity contribution in [2.75, 3.05) is 11.9 Å². The summed E-state index contributed by atoms with van der Waals surface area (Å²) in [5.74, 6) is -1.22. The number of carbonyl (C=O) groups excluding carboxylic acids is 3. The maximum absolute atomic E-state index is 12.7. The van der Waals surface area contributed by atoms with Gasteiger partial charge in [-0.25, -0.2) is 9.48 Å². The molecule has 3 rings (SSSR count). The number of aromatic nitrogens is 4. The summed E-state index contributed by atoms with van der Waals surface area (Å²) in [5.41, 5.74) is 1.87. The molecule has 0 saturated carbocycles. The van der Waals surface area contributed by atoms with Gasteiger partial charge < -0.3 is 10.1 Å². The van der Waals surface area contributed by atoms with Crippen molar-refractivity contribution in [2.45, 2.75) is 26.3 Å². The van der Waals surface area contributed by atoms with E-state index in [-0.39, 0.29) is 17.6 Å². The molecule has 0 unspecified atom stereocenters. The molecule has 0 aliphatic heterocycles. The highest BCUT2D eigenvalue weighted by molar-refractivity contribution is 5.99. The molecule has 0 saturated heterocycles. The van der Waals surface area contributed by atoms with Crippen molar-refractivity contribution < 1.29 is 19.1 Å². The van der Waals surface area contributed by atoms with Crippen LogP contribution in [0.3, 0.4) is 0 Å². The van der Waals surface area contributed by atoms with Crippen LogP contribution in [-0.4, -0.2) is 44.5 Å². The number of nitrogens with zero attached hydrogens (tertiary/aromatic N) is 4. The van der Waals surface area contributed by atoms with Gasteiger partial charge in [-0.1, -0.05) is 44.2 Å². The molecule has 3 aromatic rings. The third-order valence-corrected chi connectivity index (χ3v) is 4.57. The predicted octanol–water partition coefficient (Wildman–Crippen LogP) is 2.48. The van der Waals surface area contributed by atoms with Crippen molar-refractivity contribution in [3.63, 3.8) is 0 Å². The van der Waals surface area contributed by atoms with E-state index in [2.05, 4.69) is 20.8 Å². The normalized spacial score (nSPS) is 11.7. The summed E-state index contributed by atoms with van der Waals surface area (Å²) in [4.78, 5) is 36.9. The second kappa shape index (κ2) is 10.2. The Balaban J connectivity index is 1.61. The molecule has 1 heterocycles. The SMILES string of the molecule is CC(C)C(=O)Nc1ccc(C(=O)COC(=O)[C@@H](Cc2ccccc2)n2cnnn2)cc1. The second-order valence-electron chi connectivity index (χ2n) is 7.25. The van der Waals surface area contributed by atoms with E-state index < -0.39 is 18.6 Å². The van der Waals surface area contributed by atoms with Crippen LogP contribution in [0, 0.1) is 5.92 Å². The molecule has 0 fully saturated rings. The van der Waals surface area contributed by atoms with Crippen LogP contribution in [-0.2, 0) is 20.7 Å². The van der Waals surface area contributed by atoms with Crippen molar-refractivity contribution in [2.24, 2.45) is 5.92 Å². The number of tetrazole rings is 1. The van der Waals surface area contributed by atoms with Gasteiger partial charge in [0.25, 0.3) is 0 Å². The van der Waals surface area contributed by atoms with Gasteiger partial charge in [0.05, 0.1) is 0 Å². The Kier molecular flexibility index (Phi) is 7.21. The first kappa shape index (κ1) is 21.8. The molecule has 1 atom stereocenters. The van der Waals surface area contributed by atoms with Gasteiger partial charge in [-0.15, -0.1) is 5.10 Å². The van der Waals surface area contributed by atoms with E-state index in [1.807, 2.05) is 30.3 Å². The van der Waals surface area contributed by atoms with Crippen LogP contribution in [0.25, 0.3) is 0 Å². The first-order chi connectivity index (χ1) is 14.9. The minimum Gasteiger partial charge on any atom is -0.456 e. The summed E-state index contributed by atoms with van der Waals surface area (Å²) < 4.78 is 6.58. The van der Waals surface area contributed by atoms with E-state index in [1.54, 1.807) is 38.1 Å². The lowest BCUT2D eigenvalue weighted by Gasteiger charge is -2.15. The Hall–Kier alpha value is -3.88. The first-order valence-corrected chi connectivity index (χ1v) is 9.81. The maximum Gasteiger partial charge on any atom is 0.331 e. The molecular formula is C22H23N5O4. The van der Waals surface area contributed by atoms with Gasteiger partial charge in [-0.3, -0.25) is 9.59 Å². The Bertz CT molecular complexity index is 1020. The number of Topliss-reactive ketones (excluding diaryl/α,β-unsaturated/α-hetero) is 1. The fourth-order valence-corrected chi connectivity index (χ4v) is 2.78. The number of amides is 1. The minimum atomic E-state index is -0.793. The van der Waals surface area contributed by atoms with Crippen LogP contribution in [0.2, 0.25) is 0 Å². The number of ether oxygens (including phenoxy) is 1. The Morgan fingerprint density at radius 1 is 1.03 bits per heavy atom.